The van der Waals surface area contributed by atoms with Crippen molar-refractivity contribution in [3.63, 3.8) is 0 Å². The van der Waals surface area contributed by atoms with Crippen molar-refractivity contribution in [3.05, 3.63) is 59.0 Å². The molecule has 0 saturated carbocycles. The van der Waals surface area contributed by atoms with Crippen LogP contribution in [0.1, 0.15) is 49.9 Å². The Hall–Kier alpha value is -2.22. The van der Waals surface area contributed by atoms with Crippen LogP contribution in [0, 0.1) is 0 Å². The molecule has 0 radical (unpaired) electrons. The standard InChI is InChI=1S/C20H18O2/c1-19(2)13-7-9-21-17(13)11-5-6-12-16(15(11)19)20(3,4)14-8-10-22-18(12)14/h5-10H,1-4H3. The Kier molecular flexibility index (Phi) is 1.91. The van der Waals surface area contributed by atoms with Crippen molar-refractivity contribution in [1.82, 2.24) is 0 Å². The molecule has 2 aliphatic carbocycles. The second-order valence-electron chi connectivity index (χ2n) is 7.49. The SMILES string of the molecule is CC1(C)c2ccoc2-c2ccc3c(c21)C(C)(C)c1ccoc1-3. The topological polar surface area (TPSA) is 26.3 Å². The molecule has 0 spiro atoms. The molecular formula is C20H18O2. The van der Waals surface area contributed by atoms with Crippen molar-refractivity contribution >= 4 is 0 Å². The second kappa shape index (κ2) is 3.40. The molecule has 1 aromatic carbocycles. The summed E-state index contributed by atoms with van der Waals surface area (Å²) in [5.41, 5.74) is 7.77. The van der Waals surface area contributed by atoms with Gasteiger partial charge in [-0.2, -0.15) is 0 Å². The maximum Gasteiger partial charge on any atom is 0.138 e. The molecule has 2 aliphatic rings. The van der Waals surface area contributed by atoms with Gasteiger partial charge in [0.25, 0.3) is 0 Å². The molecule has 0 N–H and O–H groups in total. The van der Waals surface area contributed by atoms with Crippen LogP contribution in [0.2, 0.25) is 0 Å². The van der Waals surface area contributed by atoms with Gasteiger partial charge in [-0.15, -0.1) is 0 Å². The van der Waals surface area contributed by atoms with Crippen LogP contribution >= 0.6 is 0 Å². The maximum atomic E-state index is 5.80. The highest BCUT2D eigenvalue weighted by Crippen LogP contribution is 2.59. The van der Waals surface area contributed by atoms with E-state index >= 15 is 0 Å². The van der Waals surface area contributed by atoms with Crippen molar-refractivity contribution in [1.29, 1.82) is 0 Å². The molecular weight excluding hydrogens is 272 g/mol. The van der Waals surface area contributed by atoms with Crippen LogP contribution in [0.15, 0.2) is 45.6 Å². The predicted octanol–water partition coefficient (Wildman–Crippen LogP) is 5.49. The van der Waals surface area contributed by atoms with E-state index in [2.05, 4.69) is 52.0 Å². The molecule has 0 saturated heterocycles. The van der Waals surface area contributed by atoms with Gasteiger partial charge in [0.05, 0.1) is 12.5 Å². The molecule has 0 amide bonds. The van der Waals surface area contributed by atoms with Crippen molar-refractivity contribution < 1.29 is 8.83 Å². The molecule has 0 bridgehead atoms. The molecule has 110 valence electrons. The third-order valence-corrected chi connectivity index (χ3v) is 5.62. The number of furan rings is 2. The normalized spacial score (nSPS) is 18.7. The predicted molar refractivity (Wildman–Crippen MR) is 86.1 cm³/mol. The molecule has 3 aromatic rings. The van der Waals surface area contributed by atoms with Crippen molar-refractivity contribution in [2.24, 2.45) is 0 Å². The van der Waals surface area contributed by atoms with E-state index in [1.807, 2.05) is 0 Å². The summed E-state index contributed by atoms with van der Waals surface area (Å²) in [6.07, 6.45) is 3.61. The molecule has 2 heterocycles. The minimum absolute atomic E-state index is 0.0379. The smallest absolute Gasteiger partial charge is 0.138 e. The van der Waals surface area contributed by atoms with Gasteiger partial charge in [-0.1, -0.05) is 39.8 Å². The van der Waals surface area contributed by atoms with Gasteiger partial charge in [0.1, 0.15) is 11.5 Å². The van der Waals surface area contributed by atoms with E-state index < -0.39 is 0 Å². The number of hydrogen-bond donors (Lipinski definition) is 0. The lowest BCUT2D eigenvalue weighted by Gasteiger charge is -2.29. The summed E-state index contributed by atoms with van der Waals surface area (Å²) in [5.74, 6) is 2.06. The molecule has 22 heavy (non-hydrogen) atoms. The first-order chi connectivity index (χ1) is 10.4. The van der Waals surface area contributed by atoms with E-state index in [1.165, 1.54) is 33.4 Å². The van der Waals surface area contributed by atoms with E-state index in [0.29, 0.717) is 0 Å². The fraction of sp³-hybridized carbons (Fsp3) is 0.300. The highest BCUT2D eigenvalue weighted by atomic mass is 16.3. The number of hydrogen-bond acceptors (Lipinski definition) is 2. The molecule has 5 rings (SSSR count). The van der Waals surface area contributed by atoms with Gasteiger partial charge in [-0.05, 0) is 23.3 Å². The summed E-state index contributed by atoms with van der Waals surface area (Å²) >= 11 is 0. The van der Waals surface area contributed by atoms with Crippen LogP contribution in [0.4, 0.5) is 0 Å². The third-order valence-electron chi connectivity index (χ3n) is 5.62. The Morgan fingerprint density at radius 2 is 1.05 bits per heavy atom. The summed E-state index contributed by atoms with van der Waals surface area (Å²) in [7, 11) is 0. The fourth-order valence-corrected chi connectivity index (χ4v) is 4.57. The zero-order chi connectivity index (χ0) is 15.3. The van der Waals surface area contributed by atoms with Crippen molar-refractivity contribution in [2.45, 2.75) is 38.5 Å². The van der Waals surface area contributed by atoms with Gasteiger partial charge in [-0.25, -0.2) is 0 Å². The summed E-state index contributed by atoms with van der Waals surface area (Å²) in [4.78, 5) is 0. The third kappa shape index (κ3) is 1.12. The highest BCUT2D eigenvalue weighted by molar-refractivity contribution is 5.87. The van der Waals surface area contributed by atoms with Gasteiger partial charge in [0.15, 0.2) is 0 Å². The first-order valence-electron chi connectivity index (χ1n) is 7.78. The van der Waals surface area contributed by atoms with Gasteiger partial charge in [0, 0.05) is 33.1 Å². The Labute approximate surface area is 129 Å². The largest absolute Gasteiger partial charge is 0.464 e. The molecule has 2 aromatic heterocycles. The van der Waals surface area contributed by atoms with Crippen LogP contribution in [0.3, 0.4) is 0 Å². The molecule has 0 atom stereocenters. The lowest BCUT2D eigenvalue weighted by atomic mass is 9.72. The first-order valence-corrected chi connectivity index (χ1v) is 7.78. The van der Waals surface area contributed by atoms with Crippen molar-refractivity contribution in [2.75, 3.05) is 0 Å². The van der Waals surface area contributed by atoms with Crippen LogP contribution in [0.25, 0.3) is 22.6 Å². The molecule has 2 heteroatoms. The van der Waals surface area contributed by atoms with E-state index in [1.54, 1.807) is 12.5 Å². The fourth-order valence-electron chi connectivity index (χ4n) is 4.57. The van der Waals surface area contributed by atoms with Gasteiger partial charge >= 0.3 is 0 Å². The summed E-state index contributed by atoms with van der Waals surface area (Å²) in [6.45, 7) is 9.18. The first kappa shape index (κ1) is 12.3. The van der Waals surface area contributed by atoms with E-state index in [4.69, 9.17) is 8.83 Å². The average Bonchev–Trinajstić information content (AvgIpc) is 3.19. The average molecular weight is 290 g/mol. The highest BCUT2D eigenvalue weighted by Gasteiger charge is 2.47. The van der Waals surface area contributed by atoms with Crippen LogP contribution < -0.4 is 0 Å². The van der Waals surface area contributed by atoms with Crippen molar-refractivity contribution in [3.8, 4) is 22.6 Å². The number of benzene rings is 1. The molecule has 0 aliphatic heterocycles. The second-order valence-corrected chi connectivity index (χ2v) is 7.49. The van der Waals surface area contributed by atoms with Crippen LogP contribution in [-0.4, -0.2) is 0 Å². The molecule has 0 unspecified atom stereocenters. The summed E-state index contributed by atoms with van der Waals surface area (Å²) in [5, 5.41) is 0. The van der Waals surface area contributed by atoms with Gasteiger partial charge in [-0.3, -0.25) is 0 Å². The lowest BCUT2D eigenvalue weighted by molar-refractivity contribution is 0.576. The monoisotopic (exact) mass is 290 g/mol. The Bertz CT molecular complexity index is 857. The maximum absolute atomic E-state index is 5.80. The van der Waals surface area contributed by atoms with Crippen LogP contribution in [0.5, 0.6) is 0 Å². The summed E-state index contributed by atoms with van der Waals surface area (Å²) in [6, 6.07) is 8.61. The minimum Gasteiger partial charge on any atom is -0.464 e. The van der Waals surface area contributed by atoms with Gasteiger partial charge < -0.3 is 8.83 Å². The number of fused-ring (bicyclic) bond motifs is 7. The van der Waals surface area contributed by atoms with E-state index in [-0.39, 0.29) is 10.8 Å². The van der Waals surface area contributed by atoms with E-state index in [0.717, 1.165) is 11.5 Å². The van der Waals surface area contributed by atoms with Crippen LogP contribution in [-0.2, 0) is 10.8 Å². The van der Waals surface area contributed by atoms with E-state index in [9.17, 15) is 0 Å². The molecule has 2 nitrogen and oxygen atoms in total. The Morgan fingerprint density at radius 3 is 1.45 bits per heavy atom. The lowest BCUT2D eigenvalue weighted by Crippen LogP contribution is -2.23. The summed E-state index contributed by atoms with van der Waals surface area (Å²) < 4.78 is 11.6. The Balaban J connectivity index is 1.94. The quantitative estimate of drug-likeness (QED) is 0.547. The zero-order valence-electron chi connectivity index (χ0n) is 13.3. The molecule has 0 fully saturated rings. The minimum atomic E-state index is -0.0379. The zero-order valence-corrected chi connectivity index (χ0v) is 13.3. The number of rotatable bonds is 0. The Morgan fingerprint density at radius 1 is 0.636 bits per heavy atom. The van der Waals surface area contributed by atoms with Gasteiger partial charge in [0.2, 0.25) is 0 Å².